The zero-order chi connectivity index (χ0) is 22.2. The van der Waals surface area contributed by atoms with Gasteiger partial charge in [0.05, 0.1) is 5.71 Å². The number of imidazole rings is 1. The summed E-state index contributed by atoms with van der Waals surface area (Å²) in [6.07, 6.45) is 8.21. The molecule has 0 saturated carbocycles. The van der Waals surface area contributed by atoms with Gasteiger partial charge in [0.25, 0.3) is 5.56 Å². The van der Waals surface area contributed by atoms with Gasteiger partial charge < -0.3 is 4.57 Å². The summed E-state index contributed by atoms with van der Waals surface area (Å²) in [4.78, 5) is 31.5. The number of H-pyrrole nitrogens is 1. The van der Waals surface area contributed by atoms with E-state index in [2.05, 4.69) is 27.4 Å². The van der Waals surface area contributed by atoms with E-state index >= 15 is 0 Å². The molecule has 2 N–H and O–H groups in total. The minimum Gasteiger partial charge on any atom is -0.303 e. The largest absolute Gasteiger partial charge is 0.329 e. The summed E-state index contributed by atoms with van der Waals surface area (Å²) in [5, 5.41) is 4.46. The minimum atomic E-state index is -0.478. The maximum absolute atomic E-state index is 12.6. The number of hydrogen-bond donors (Lipinski definition) is 2. The Balaban J connectivity index is 1.84. The van der Waals surface area contributed by atoms with Gasteiger partial charge in [-0.25, -0.2) is 10.2 Å². The lowest BCUT2D eigenvalue weighted by molar-refractivity contribution is 0.556. The third-order valence-corrected chi connectivity index (χ3v) is 5.51. The molecular formula is C23H32N6O2. The topological polar surface area (TPSA) is 97.1 Å². The van der Waals surface area contributed by atoms with Crippen molar-refractivity contribution in [3.63, 3.8) is 0 Å². The SMILES string of the molecule is CCCCCCCCCn1c(N/N=C(/C)c2ccccc2)nc2c1c(=O)[nH]c(=O)n2C. The van der Waals surface area contributed by atoms with Crippen molar-refractivity contribution < 1.29 is 0 Å². The fourth-order valence-electron chi connectivity index (χ4n) is 3.64. The second-order valence-corrected chi connectivity index (χ2v) is 7.87. The number of anilines is 1. The van der Waals surface area contributed by atoms with Gasteiger partial charge in [-0.3, -0.25) is 14.3 Å². The molecule has 0 aliphatic rings. The van der Waals surface area contributed by atoms with Crippen LogP contribution in [0.15, 0.2) is 45.0 Å². The van der Waals surface area contributed by atoms with Gasteiger partial charge in [-0.15, -0.1) is 0 Å². The van der Waals surface area contributed by atoms with Gasteiger partial charge >= 0.3 is 5.69 Å². The lowest BCUT2D eigenvalue weighted by Crippen LogP contribution is -2.29. The van der Waals surface area contributed by atoms with Gasteiger partial charge in [0.1, 0.15) is 0 Å². The van der Waals surface area contributed by atoms with Crippen LogP contribution in [0.4, 0.5) is 5.95 Å². The van der Waals surface area contributed by atoms with Gasteiger partial charge in [-0.2, -0.15) is 10.1 Å². The van der Waals surface area contributed by atoms with E-state index in [0.717, 1.165) is 24.1 Å². The quantitative estimate of drug-likeness (QED) is 0.276. The number of aromatic nitrogens is 4. The summed E-state index contributed by atoms with van der Waals surface area (Å²) in [7, 11) is 1.61. The maximum Gasteiger partial charge on any atom is 0.329 e. The fourth-order valence-corrected chi connectivity index (χ4v) is 3.64. The lowest BCUT2D eigenvalue weighted by Gasteiger charge is -2.09. The maximum atomic E-state index is 12.6. The van der Waals surface area contributed by atoms with Crippen molar-refractivity contribution in [3.05, 3.63) is 56.7 Å². The molecule has 0 atom stereocenters. The average Bonchev–Trinajstić information content (AvgIpc) is 3.15. The zero-order valence-electron chi connectivity index (χ0n) is 18.6. The van der Waals surface area contributed by atoms with Crippen LogP contribution in [0.1, 0.15) is 64.4 Å². The molecule has 2 aromatic heterocycles. The highest BCUT2D eigenvalue weighted by Gasteiger charge is 2.17. The zero-order valence-corrected chi connectivity index (χ0v) is 18.6. The molecular weight excluding hydrogens is 392 g/mol. The van der Waals surface area contributed by atoms with Crippen LogP contribution in [0.3, 0.4) is 0 Å². The molecule has 0 aliphatic heterocycles. The second kappa shape index (κ2) is 10.7. The van der Waals surface area contributed by atoms with Crippen molar-refractivity contribution in [3.8, 4) is 0 Å². The minimum absolute atomic E-state index is 0.353. The van der Waals surface area contributed by atoms with Crippen molar-refractivity contribution >= 4 is 22.8 Å². The molecule has 1 aromatic carbocycles. The van der Waals surface area contributed by atoms with Crippen molar-refractivity contribution in [2.24, 2.45) is 12.1 Å². The number of hydrazone groups is 1. The smallest absolute Gasteiger partial charge is 0.303 e. The van der Waals surface area contributed by atoms with Crippen LogP contribution in [0.25, 0.3) is 11.2 Å². The Morgan fingerprint density at radius 2 is 1.74 bits per heavy atom. The van der Waals surface area contributed by atoms with Gasteiger partial charge in [0.15, 0.2) is 11.2 Å². The van der Waals surface area contributed by atoms with E-state index < -0.39 is 11.2 Å². The van der Waals surface area contributed by atoms with Crippen LogP contribution in [-0.2, 0) is 13.6 Å². The molecule has 0 saturated heterocycles. The Morgan fingerprint density at radius 1 is 1.06 bits per heavy atom. The normalized spacial score (nSPS) is 11.9. The number of rotatable bonds is 11. The molecule has 0 radical (unpaired) electrons. The van der Waals surface area contributed by atoms with Crippen LogP contribution < -0.4 is 16.7 Å². The summed E-state index contributed by atoms with van der Waals surface area (Å²) in [5.74, 6) is 0.461. The molecule has 0 amide bonds. The number of benzene rings is 1. The van der Waals surface area contributed by atoms with Crippen LogP contribution in [0.5, 0.6) is 0 Å². The molecule has 8 heteroatoms. The highest BCUT2D eigenvalue weighted by atomic mass is 16.2. The van der Waals surface area contributed by atoms with Crippen molar-refractivity contribution in [1.82, 2.24) is 19.1 Å². The Hall–Kier alpha value is -3.16. The Morgan fingerprint density at radius 3 is 2.45 bits per heavy atom. The van der Waals surface area contributed by atoms with Crippen LogP contribution in [0.2, 0.25) is 0 Å². The first-order chi connectivity index (χ1) is 15.0. The molecule has 0 bridgehead atoms. The van der Waals surface area contributed by atoms with E-state index in [9.17, 15) is 9.59 Å². The summed E-state index contributed by atoms with van der Waals surface area (Å²) in [6.45, 7) is 4.76. The first-order valence-corrected chi connectivity index (χ1v) is 11.1. The molecule has 2 heterocycles. The first-order valence-electron chi connectivity index (χ1n) is 11.1. The van der Waals surface area contributed by atoms with Crippen molar-refractivity contribution in [2.45, 2.75) is 65.3 Å². The number of aryl methyl sites for hydroxylation is 2. The average molecular weight is 425 g/mol. The number of unbranched alkanes of at least 4 members (excludes halogenated alkanes) is 6. The van der Waals surface area contributed by atoms with Crippen molar-refractivity contribution in [1.29, 1.82) is 0 Å². The molecule has 0 aliphatic carbocycles. The number of aromatic amines is 1. The van der Waals surface area contributed by atoms with Gasteiger partial charge in [-0.05, 0) is 18.9 Å². The molecule has 8 nitrogen and oxygen atoms in total. The highest BCUT2D eigenvalue weighted by molar-refractivity contribution is 5.99. The number of nitrogens with one attached hydrogen (secondary N) is 2. The van der Waals surface area contributed by atoms with Gasteiger partial charge in [0.2, 0.25) is 5.95 Å². The highest BCUT2D eigenvalue weighted by Crippen LogP contribution is 2.18. The predicted octanol–water partition coefficient (Wildman–Crippen LogP) is 4.01. The van der Waals surface area contributed by atoms with E-state index in [1.165, 1.54) is 36.7 Å². The van der Waals surface area contributed by atoms with E-state index in [4.69, 9.17) is 0 Å². The number of nitrogens with zero attached hydrogens (tertiary/aromatic N) is 4. The molecule has 3 aromatic rings. The van der Waals surface area contributed by atoms with Crippen molar-refractivity contribution in [2.75, 3.05) is 5.43 Å². The van der Waals surface area contributed by atoms with E-state index in [1.807, 2.05) is 41.8 Å². The van der Waals surface area contributed by atoms with Gasteiger partial charge in [0, 0.05) is 13.6 Å². The standard InChI is InChI=1S/C23H32N6O2/c1-4-5-6-7-8-9-13-16-29-19-20(28(3)23(31)25-21(19)30)24-22(29)27-26-17(2)18-14-11-10-12-15-18/h10-12,14-15H,4-9,13,16H2,1-3H3,(H,24,27)(H,25,30,31)/b26-17-. The van der Waals surface area contributed by atoms with Crippen LogP contribution >= 0.6 is 0 Å². The third-order valence-electron chi connectivity index (χ3n) is 5.51. The van der Waals surface area contributed by atoms with Crippen LogP contribution in [0, 0.1) is 0 Å². The van der Waals surface area contributed by atoms with E-state index in [-0.39, 0.29) is 0 Å². The Bertz CT molecular complexity index is 1140. The van der Waals surface area contributed by atoms with E-state index in [0.29, 0.717) is 23.7 Å². The van der Waals surface area contributed by atoms with Crippen LogP contribution in [-0.4, -0.2) is 24.8 Å². The third kappa shape index (κ3) is 5.51. The molecule has 0 spiro atoms. The molecule has 0 fully saturated rings. The molecule has 0 unspecified atom stereocenters. The Labute approximate surface area is 182 Å². The fraction of sp³-hybridized carbons (Fsp3) is 0.478. The summed E-state index contributed by atoms with van der Waals surface area (Å²) < 4.78 is 3.19. The van der Waals surface area contributed by atoms with E-state index in [1.54, 1.807) is 7.05 Å². The van der Waals surface area contributed by atoms with Gasteiger partial charge in [-0.1, -0.05) is 75.8 Å². The lowest BCUT2D eigenvalue weighted by atomic mass is 10.1. The predicted molar refractivity (Wildman–Crippen MR) is 126 cm³/mol. The summed E-state index contributed by atoms with van der Waals surface area (Å²) in [5.41, 5.74) is 4.66. The first kappa shape index (κ1) is 22.5. The summed E-state index contributed by atoms with van der Waals surface area (Å²) in [6, 6.07) is 9.84. The second-order valence-electron chi connectivity index (χ2n) is 7.87. The molecule has 166 valence electrons. The molecule has 3 rings (SSSR count). The number of fused-ring (bicyclic) bond motifs is 1. The Kier molecular flexibility index (Phi) is 7.81. The monoisotopic (exact) mass is 424 g/mol. The molecule has 31 heavy (non-hydrogen) atoms. The number of hydrogen-bond acceptors (Lipinski definition) is 5. The summed E-state index contributed by atoms with van der Waals surface area (Å²) >= 11 is 0.